The number of thiophene rings is 1. The van der Waals surface area contributed by atoms with E-state index in [2.05, 4.69) is 12.2 Å². The third-order valence-electron chi connectivity index (χ3n) is 3.03. The van der Waals surface area contributed by atoms with Gasteiger partial charge in [0, 0.05) is 22.1 Å². The Morgan fingerprint density at radius 1 is 1.50 bits per heavy atom. The summed E-state index contributed by atoms with van der Waals surface area (Å²) in [5.74, 6) is -0.0801. The topological polar surface area (TPSA) is 63.2 Å². The van der Waals surface area contributed by atoms with Gasteiger partial charge in [-0.05, 0) is 30.4 Å². The van der Waals surface area contributed by atoms with Gasteiger partial charge >= 0.3 is 0 Å². The molecule has 0 atom stereocenters. The first-order valence-electron chi connectivity index (χ1n) is 5.59. The summed E-state index contributed by atoms with van der Waals surface area (Å²) in [5.41, 5.74) is 0.274. The van der Waals surface area contributed by atoms with Gasteiger partial charge in [-0.3, -0.25) is 4.79 Å². The minimum absolute atomic E-state index is 0.0801. The summed E-state index contributed by atoms with van der Waals surface area (Å²) in [6, 6.07) is 3.05. The normalized spacial score (nSPS) is 17.4. The molecule has 100 valence electrons. The Bertz CT molecular complexity index is 561. The predicted molar refractivity (Wildman–Crippen MR) is 71.4 cm³/mol. The summed E-state index contributed by atoms with van der Waals surface area (Å²) in [5, 5.41) is 2.87. The number of rotatable bonds is 5. The highest BCUT2D eigenvalue weighted by Crippen LogP contribution is 2.44. The fourth-order valence-corrected chi connectivity index (χ4v) is 3.63. The number of amides is 1. The van der Waals surface area contributed by atoms with Crippen molar-refractivity contribution in [2.45, 2.75) is 30.4 Å². The van der Waals surface area contributed by atoms with Gasteiger partial charge in [0.15, 0.2) is 0 Å². The van der Waals surface area contributed by atoms with Crippen LogP contribution in [0.1, 0.15) is 24.6 Å². The highest BCUT2D eigenvalue weighted by molar-refractivity contribution is 8.15. The van der Waals surface area contributed by atoms with Crippen LogP contribution in [0.4, 0.5) is 0 Å². The Balaban J connectivity index is 1.89. The molecule has 0 radical (unpaired) electrons. The van der Waals surface area contributed by atoms with Crippen LogP contribution in [0.25, 0.3) is 0 Å². The van der Waals surface area contributed by atoms with Crippen molar-refractivity contribution < 1.29 is 13.2 Å². The van der Waals surface area contributed by atoms with E-state index >= 15 is 0 Å². The van der Waals surface area contributed by atoms with Gasteiger partial charge in [-0.2, -0.15) is 0 Å². The highest BCUT2D eigenvalue weighted by Gasteiger charge is 2.37. The van der Waals surface area contributed by atoms with E-state index in [0.717, 1.165) is 24.2 Å². The maximum absolute atomic E-state index is 11.7. The van der Waals surface area contributed by atoms with Gasteiger partial charge in [0.2, 0.25) is 5.91 Å². The SMILES string of the molecule is CC1(CNC(=O)Cc2ccc(S(=O)(=O)Cl)s2)CC1. The molecule has 1 aliphatic carbocycles. The van der Waals surface area contributed by atoms with E-state index in [1.807, 2.05) is 0 Å². The molecule has 0 spiro atoms. The zero-order valence-corrected chi connectivity index (χ0v) is 12.3. The Hall–Kier alpha value is -0.590. The second-order valence-corrected chi connectivity index (χ2v) is 8.88. The Morgan fingerprint density at radius 3 is 2.67 bits per heavy atom. The third kappa shape index (κ3) is 3.70. The predicted octanol–water partition coefficient (Wildman–Crippen LogP) is 2.13. The van der Waals surface area contributed by atoms with Crippen molar-refractivity contribution in [1.82, 2.24) is 5.32 Å². The molecule has 1 fully saturated rings. The molecule has 1 aromatic rings. The van der Waals surface area contributed by atoms with Gasteiger partial charge in [0.1, 0.15) is 4.21 Å². The summed E-state index contributed by atoms with van der Waals surface area (Å²) in [6.45, 7) is 2.83. The quantitative estimate of drug-likeness (QED) is 0.848. The molecule has 18 heavy (non-hydrogen) atoms. The first kappa shape index (κ1) is 13.8. The Labute approximate surface area is 115 Å². The molecule has 0 saturated heterocycles. The second kappa shape index (κ2) is 4.83. The highest BCUT2D eigenvalue weighted by atomic mass is 35.7. The Kier molecular flexibility index (Phi) is 3.71. The maximum Gasteiger partial charge on any atom is 0.270 e. The van der Waals surface area contributed by atoms with Crippen LogP contribution in [0.2, 0.25) is 0 Å². The molecule has 0 bridgehead atoms. The van der Waals surface area contributed by atoms with Crippen molar-refractivity contribution in [1.29, 1.82) is 0 Å². The van der Waals surface area contributed by atoms with Gasteiger partial charge in [-0.1, -0.05) is 6.92 Å². The van der Waals surface area contributed by atoms with Gasteiger partial charge in [0.05, 0.1) is 6.42 Å². The molecule has 1 amide bonds. The molecule has 1 saturated carbocycles. The maximum atomic E-state index is 11.7. The molecule has 1 aliphatic rings. The average molecular weight is 308 g/mol. The van der Waals surface area contributed by atoms with Gasteiger partial charge < -0.3 is 5.32 Å². The van der Waals surface area contributed by atoms with Crippen molar-refractivity contribution in [2.24, 2.45) is 5.41 Å². The second-order valence-electron chi connectivity index (χ2n) is 4.92. The van der Waals surface area contributed by atoms with E-state index in [4.69, 9.17) is 10.7 Å². The number of hydrogen-bond acceptors (Lipinski definition) is 4. The van der Waals surface area contributed by atoms with E-state index in [9.17, 15) is 13.2 Å². The van der Waals surface area contributed by atoms with Gasteiger partial charge in [-0.15, -0.1) is 11.3 Å². The van der Waals surface area contributed by atoms with Crippen LogP contribution < -0.4 is 5.32 Å². The van der Waals surface area contributed by atoms with E-state index in [-0.39, 0.29) is 22.0 Å². The van der Waals surface area contributed by atoms with Crippen molar-refractivity contribution in [3.05, 3.63) is 17.0 Å². The summed E-state index contributed by atoms with van der Waals surface area (Å²) in [6.07, 6.45) is 2.51. The average Bonchev–Trinajstić information content (AvgIpc) is 2.79. The zero-order chi connectivity index (χ0) is 13.4. The first-order valence-corrected chi connectivity index (χ1v) is 8.71. The molecule has 4 nitrogen and oxygen atoms in total. The molecular weight excluding hydrogens is 294 g/mol. The lowest BCUT2D eigenvalue weighted by molar-refractivity contribution is -0.120. The van der Waals surface area contributed by atoms with Gasteiger partial charge in [0.25, 0.3) is 9.05 Å². The summed E-state index contributed by atoms with van der Waals surface area (Å²) in [7, 11) is 1.54. The van der Waals surface area contributed by atoms with Crippen molar-refractivity contribution in [3.8, 4) is 0 Å². The molecule has 1 N–H and O–H groups in total. The standard InChI is InChI=1S/C11H14ClNO3S2/c1-11(4-5-11)7-13-9(14)6-8-2-3-10(17-8)18(12,15)16/h2-3H,4-7H2,1H3,(H,13,14). The molecule has 2 rings (SSSR count). The number of nitrogens with one attached hydrogen (secondary N) is 1. The van der Waals surface area contributed by atoms with Gasteiger partial charge in [-0.25, -0.2) is 8.42 Å². The smallest absolute Gasteiger partial charge is 0.270 e. The number of halogens is 1. The zero-order valence-electron chi connectivity index (χ0n) is 9.90. The van der Waals surface area contributed by atoms with Crippen molar-refractivity contribution >= 4 is 37.0 Å². The molecule has 1 aromatic heterocycles. The van der Waals surface area contributed by atoms with E-state index in [0.29, 0.717) is 11.4 Å². The van der Waals surface area contributed by atoms with Crippen LogP contribution in [-0.4, -0.2) is 20.9 Å². The minimum atomic E-state index is -3.68. The molecule has 7 heteroatoms. The minimum Gasteiger partial charge on any atom is -0.355 e. The largest absolute Gasteiger partial charge is 0.355 e. The molecule has 0 aromatic carbocycles. The van der Waals surface area contributed by atoms with E-state index in [1.165, 1.54) is 6.07 Å². The third-order valence-corrected chi connectivity index (χ3v) is 6.21. The molecule has 1 heterocycles. The fraction of sp³-hybridized carbons (Fsp3) is 0.545. The molecule has 0 aliphatic heterocycles. The molecular formula is C11H14ClNO3S2. The summed E-state index contributed by atoms with van der Waals surface area (Å²) >= 11 is 1.04. The van der Waals surface area contributed by atoms with Crippen LogP contribution in [0.5, 0.6) is 0 Å². The van der Waals surface area contributed by atoms with E-state index < -0.39 is 9.05 Å². The van der Waals surface area contributed by atoms with Crippen LogP contribution in [0.3, 0.4) is 0 Å². The van der Waals surface area contributed by atoms with E-state index in [1.54, 1.807) is 6.07 Å². The Morgan fingerprint density at radius 2 is 2.17 bits per heavy atom. The van der Waals surface area contributed by atoms with Crippen molar-refractivity contribution in [3.63, 3.8) is 0 Å². The monoisotopic (exact) mass is 307 g/mol. The number of hydrogen-bond donors (Lipinski definition) is 1. The van der Waals surface area contributed by atoms with Crippen LogP contribution in [-0.2, 0) is 20.3 Å². The van der Waals surface area contributed by atoms with Crippen molar-refractivity contribution in [2.75, 3.05) is 6.54 Å². The number of carbonyl (C=O) groups is 1. The lowest BCUT2D eigenvalue weighted by Gasteiger charge is -2.09. The number of carbonyl (C=O) groups excluding carboxylic acids is 1. The van der Waals surface area contributed by atoms with Crippen LogP contribution in [0, 0.1) is 5.41 Å². The van der Waals surface area contributed by atoms with Crippen LogP contribution in [0.15, 0.2) is 16.3 Å². The van der Waals surface area contributed by atoms with Crippen LogP contribution >= 0.6 is 22.0 Å². The molecule has 0 unspecified atom stereocenters. The first-order chi connectivity index (χ1) is 8.28. The lowest BCUT2D eigenvalue weighted by atomic mass is 10.1. The lowest BCUT2D eigenvalue weighted by Crippen LogP contribution is -2.30. The fourth-order valence-electron chi connectivity index (χ4n) is 1.51. The summed E-state index contributed by atoms with van der Waals surface area (Å²) in [4.78, 5) is 12.4. The summed E-state index contributed by atoms with van der Waals surface area (Å²) < 4.78 is 22.2.